The molecule has 150 valence electrons. The monoisotopic (exact) mass is 397 g/mol. The molecule has 4 aromatic rings. The molecule has 1 fully saturated rings. The SMILES string of the molecule is O=C(c1ccc2c(c1)nc(-c1ccccc1)n2Cc1ccccc1)N1CCOCC1. The molecule has 0 radical (unpaired) electrons. The van der Waals surface area contributed by atoms with Crippen LogP contribution in [-0.4, -0.2) is 46.7 Å². The van der Waals surface area contributed by atoms with E-state index in [4.69, 9.17) is 9.72 Å². The van der Waals surface area contributed by atoms with E-state index in [9.17, 15) is 4.79 Å². The van der Waals surface area contributed by atoms with E-state index >= 15 is 0 Å². The van der Waals surface area contributed by atoms with Gasteiger partial charge in [-0.25, -0.2) is 4.98 Å². The van der Waals surface area contributed by atoms with Gasteiger partial charge in [-0.3, -0.25) is 4.79 Å². The van der Waals surface area contributed by atoms with Crippen molar-refractivity contribution in [1.29, 1.82) is 0 Å². The zero-order valence-corrected chi connectivity index (χ0v) is 16.7. The van der Waals surface area contributed by atoms with Gasteiger partial charge in [0.25, 0.3) is 5.91 Å². The van der Waals surface area contributed by atoms with E-state index < -0.39 is 0 Å². The molecule has 5 heteroatoms. The maximum Gasteiger partial charge on any atom is 0.254 e. The molecule has 2 heterocycles. The number of fused-ring (bicyclic) bond motifs is 1. The van der Waals surface area contributed by atoms with Crippen molar-refractivity contribution in [2.24, 2.45) is 0 Å². The lowest BCUT2D eigenvalue weighted by molar-refractivity contribution is 0.0303. The van der Waals surface area contributed by atoms with E-state index in [1.54, 1.807) is 0 Å². The topological polar surface area (TPSA) is 47.4 Å². The summed E-state index contributed by atoms with van der Waals surface area (Å²) >= 11 is 0. The van der Waals surface area contributed by atoms with Crippen LogP contribution >= 0.6 is 0 Å². The van der Waals surface area contributed by atoms with Crippen molar-refractivity contribution in [1.82, 2.24) is 14.5 Å². The van der Waals surface area contributed by atoms with E-state index in [-0.39, 0.29) is 5.91 Å². The Labute approximate surface area is 175 Å². The Balaban J connectivity index is 1.58. The molecule has 1 aliphatic rings. The number of imidazole rings is 1. The average Bonchev–Trinajstić information content (AvgIpc) is 3.18. The van der Waals surface area contributed by atoms with Gasteiger partial charge in [0.05, 0.1) is 24.2 Å². The van der Waals surface area contributed by atoms with Crippen molar-refractivity contribution in [3.8, 4) is 11.4 Å². The Morgan fingerprint density at radius 1 is 0.900 bits per heavy atom. The van der Waals surface area contributed by atoms with Gasteiger partial charge in [-0.15, -0.1) is 0 Å². The smallest absolute Gasteiger partial charge is 0.254 e. The summed E-state index contributed by atoms with van der Waals surface area (Å²) in [4.78, 5) is 19.7. The summed E-state index contributed by atoms with van der Waals surface area (Å²) in [7, 11) is 0. The summed E-state index contributed by atoms with van der Waals surface area (Å²) in [6.45, 7) is 3.18. The number of aromatic nitrogens is 2. The van der Waals surface area contributed by atoms with Gasteiger partial charge in [-0.1, -0.05) is 60.7 Å². The molecule has 0 bridgehead atoms. The zero-order chi connectivity index (χ0) is 20.3. The summed E-state index contributed by atoms with van der Waals surface area (Å²) < 4.78 is 7.60. The Hall–Kier alpha value is -3.44. The molecule has 5 rings (SSSR count). The first-order valence-corrected chi connectivity index (χ1v) is 10.3. The molecule has 5 nitrogen and oxygen atoms in total. The number of rotatable bonds is 4. The number of amides is 1. The van der Waals surface area contributed by atoms with Gasteiger partial charge in [-0.2, -0.15) is 0 Å². The molecule has 0 spiro atoms. The highest BCUT2D eigenvalue weighted by atomic mass is 16.5. The fourth-order valence-electron chi connectivity index (χ4n) is 3.95. The Morgan fingerprint density at radius 3 is 2.33 bits per heavy atom. The van der Waals surface area contributed by atoms with E-state index in [1.807, 2.05) is 47.4 Å². The molecule has 1 aromatic heterocycles. The molecule has 1 saturated heterocycles. The zero-order valence-electron chi connectivity index (χ0n) is 16.7. The third kappa shape index (κ3) is 3.60. The number of carbonyl (C=O) groups is 1. The number of ether oxygens (including phenoxy) is 1. The molecule has 30 heavy (non-hydrogen) atoms. The van der Waals surface area contributed by atoms with Gasteiger partial charge in [-0.05, 0) is 23.8 Å². The summed E-state index contributed by atoms with van der Waals surface area (Å²) in [6, 6.07) is 26.4. The molecular weight excluding hydrogens is 374 g/mol. The lowest BCUT2D eigenvalue weighted by Gasteiger charge is -2.26. The van der Waals surface area contributed by atoms with Crippen LogP contribution in [0, 0.1) is 0 Å². The maximum absolute atomic E-state index is 12.9. The predicted molar refractivity (Wildman–Crippen MR) is 117 cm³/mol. The molecule has 0 aliphatic carbocycles. The average molecular weight is 397 g/mol. The minimum Gasteiger partial charge on any atom is -0.378 e. The first-order valence-electron chi connectivity index (χ1n) is 10.3. The minimum atomic E-state index is 0.0408. The van der Waals surface area contributed by atoms with Crippen LogP contribution in [0.15, 0.2) is 78.9 Å². The van der Waals surface area contributed by atoms with Crippen LogP contribution in [0.3, 0.4) is 0 Å². The molecule has 0 unspecified atom stereocenters. The van der Waals surface area contributed by atoms with Crippen LogP contribution in [0.5, 0.6) is 0 Å². The van der Waals surface area contributed by atoms with Crippen molar-refractivity contribution in [3.05, 3.63) is 90.0 Å². The third-order valence-corrected chi connectivity index (χ3v) is 5.51. The molecule has 1 aliphatic heterocycles. The Kier molecular flexibility index (Phi) is 5.03. The van der Waals surface area contributed by atoms with Gasteiger partial charge in [0.1, 0.15) is 5.82 Å². The summed E-state index contributed by atoms with van der Waals surface area (Å²) in [6.07, 6.45) is 0. The van der Waals surface area contributed by atoms with E-state index in [1.165, 1.54) is 5.56 Å². The number of benzene rings is 3. The first-order chi connectivity index (χ1) is 14.8. The lowest BCUT2D eigenvalue weighted by atomic mass is 10.1. The van der Waals surface area contributed by atoms with Crippen molar-refractivity contribution >= 4 is 16.9 Å². The standard InChI is InChI=1S/C25H23N3O2/c29-25(27-13-15-30-16-14-27)21-11-12-23-22(17-21)26-24(20-9-5-2-6-10-20)28(23)18-19-7-3-1-4-8-19/h1-12,17H,13-16,18H2. The quantitative estimate of drug-likeness (QED) is 0.518. The van der Waals surface area contributed by atoms with Crippen LogP contribution in [-0.2, 0) is 11.3 Å². The molecule has 0 saturated carbocycles. The number of hydrogen-bond donors (Lipinski definition) is 0. The molecule has 0 N–H and O–H groups in total. The van der Waals surface area contributed by atoms with Crippen molar-refractivity contribution in [2.75, 3.05) is 26.3 Å². The summed E-state index contributed by atoms with van der Waals surface area (Å²) in [5.41, 5.74) is 4.81. The fourth-order valence-corrected chi connectivity index (χ4v) is 3.95. The number of carbonyl (C=O) groups excluding carboxylic acids is 1. The largest absolute Gasteiger partial charge is 0.378 e. The second kappa shape index (κ2) is 8.13. The van der Waals surface area contributed by atoms with Gasteiger partial charge in [0, 0.05) is 30.8 Å². The Bertz CT molecular complexity index is 1160. The number of hydrogen-bond acceptors (Lipinski definition) is 3. The van der Waals surface area contributed by atoms with Gasteiger partial charge in [0.15, 0.2) is 0 Å². The minimum absolute atomic E-state index is 0.0408. The van der Waals surface area contributed by atoms with Crippen LogP contribution in [0.4, 0.5) is 0 Å². The second-order valence-electron chi connectivity index (χ2n) is 7.48. The van der Waals surface area contributed by atoms with Crippen molar-refractivity contribution in [2.45, 2.75) is 6.54 Å². The van der Waals surface area contributed by atoms with E-state index in [0.717, 1.165) is 29.0 Å². The first kappa shape index (κ1) is 18.6. The summed E-state index contributed by atoms with van der Waals surface area (Å²) in [5, 5.41) is 0. The van der Waals surface area contributed by atoms with Gasteiger partial charge in [0.2, 0.25) is 0 Å². The predicted octanol–water partition coefficient (Wildman–Crippen LogP) is 4.22. The summed E-state index contributed by atoms with van der Waals surface area (Å²) in [5.74, 6) is 0.949. The Morgan fingerprint density at radius 2 is 1.60 bits per heavy atom. The van der Waals surface area contributed by atoms with Crippen LogP contribution in [0.2, 0.25) is 0 Å². The lowest BCUT2D eigenvalue weighted by Crippen LogP contribution is -2.40. The van der Waals surface area contributed by atoms with Crippen LogP contribution < -0.4 is 0 Å². The van der Waals surface area contributed by atoms with Crippen LogP contribution in [0.25, 0.3) is 22.4 Å². The second-order valence-corrected chi connectivity index (χ2v) is 7.48. The number of morpholine rings is 1. The highest BCUT2D eigenvalue weighted by Crippen LogP contribution is 2.27. The third-order valence-electron chi connectivity index (χ3n) is 5.51. The normalized spacial score (nSPS) is 14.2. The van der Waals surface area contributed by atoms with Crippen molar-refractivity contribution in [3.63, 3.8) is 0 Å². The van der Waals surface area contributed by atoms with Crippen molar-refractivity contribution < 1.29 is 9.53 Å². The van der Waals surface area contributed by atoms with Gasteiger partial charge >= 0.3 is 0 Å². The van der Waals surface area contributed by atoms with Gasteiger partial charge < -0.3 is 14.2 Å². The maximum atomic E-state index is 12.9. The molecule has 0 atom stereocenters. The molecule has 3 aromatic carbocycles. The number of nitrogens with zero attached hydrogens (tertiary/aromatic N) is 3. The van der Waals surface area contributed by atoms with E-state index in [0.29, 0.717) is 31.9 Å². The molecular formula is C25H23N3O2. The highest BCUT2D eigenvalue weighted by molar-refractivity contribution is 5.98. The fraction of sp³-hybridized carbons (Fsp3) is 0.200. The van der Waals surface area contributed by atoms with E-state index in [2.05, 4.69) is 41.0 Å². The highest BCUT2D eigenvalue weighted by Gasteiger charge is 2.20. The van der Waals surface area contributed by atoms with Crippen LogP contribution in [0.1, 0.15) is 15.9 Å². The molecule has 1 amide bonds.